The Balaban J connectivity index is 1.71. The van der Waals surface area contributed by atoms with E-state index < -0.39 is 17.7 Å². The number of rotatable bonds is 8. The lowest BCUT2D eigenvalue weighted by atomic mass is 9.96. The van der Waals surface area contributed by atoms with Crippen molar-refractivity contribution < 1.29 is 24.2 Å². The van der Waals surface area contributed by atoms with Crippen LogP contribution in [0.5, 0.6) is 11.5 Å². The quantitative estimate of drug-likeness (QED) is 0.375. The fourth-order valence-electron chi connectivity index (χ4n) is 4.35. The molecule has 0 aliphatic carbocycles. The number of ether oxygens (including phenoxy) is 2. The smallest absolute Gasteiger partial charge is 0.295 e. The van der Waals surface area contributed by atoms with Crippen LogP contribution in [0.2, 0.25) is 0 Å². The molecule has 2 aliphatic heterocycles. The Morgan fingerprint density at radius 2 is 1.91 bits per heavy atom. The van der Waals surface area contributed by atoms with Crippen molar-refractivity contribution in [3.05, 3.63) is 59.4 Å². The minimum atomic E-state index is -0.705. The van der Waals surface area contributed by atoms with Crippen molar-refractivity contribution in [2.75, 3.05) is 39.4 Å². The molecule has 1 aromatic carbocycles. The molecule has 3 heterocycles. The molecule has 1 fully saturated rings. The first kappa shape index (κ1) is 22.8. The molecule has 1 aromatic heterocycles. The number of Topliss-reactive ketones (excluding diaryl/α,β-unsaturated/α-hetero) is 1. The maximum Gasteiger partial charge on any atom is 0.295 e. The molecule has 1 atom stereocenters. The largest absolute Gasteiger partial charge is 0.507 e. The van der Waals surface area contributed by atoms with Crippen LogP contribution in [-0.2, 0) is 9.59 Å². The molecule has 0 spiro atoms. The second kappa shape index (κ2) is 10.0. The van der Waals surface area contributed by atoms with Crippen LogP contribution in [0.1, 0.15) is 37.4 Å². The Morgan fingerprint density at radius 1 is 1.15 bits per heavy atom. The molecule has 1 N–H and O–H groups in total. The zero-order valence-corrected chi connectivity index (χ0v) is 19.0. The number of ketones is 1. The molecule has 1 saturated heterocycles. The summed E-state index contributed by atoms with van der Waals surface area (Å²) in [5.74, 6) is -0.456. The minimum absolute atomic E-state index is 0.0625. The van der Waals surface area contributed by atoms with E-state index in [1.165, 1.54) is 0 Å². The molecule has 8 heteroatoms. The number of nitrogens with zero attached hydrogens (tertiary/aromatic N) is 3. The Morgan fingerprint density at radius 3 is 2.61 bits per heavy atom. The van der Waals surface area contributed by atoms with E-state index in [0.29, 0.717) is 42.4 Å². The Bertz CT molecular complexity index is 1050. The zero-order valence-electron chi connectivity index (χ0n) is 19.0. The van der Waals surface area contributed by atoms with Gasteiger partial charge >= 0.3 is 0 Å². The summed E-state index contributed by atoms with van der Waals surface area (Å²) in [5.41, 5.74) is 1.14. The SMILES string of the molecule is CCN(CC)CCCN1C(=O)C(=O)C(=C(O)c2ccc3c(c2)OCCO3)[C@@H]1c1cccnc1. The number of hydrogen-bond donors (Lipinski definition) is 1. The third-order valence-electron chi connectivity index (χ3n) is 6.12. The van der Waals surface area contributed by atoms with Crippen LogP contribution in [0, 0.1) is 0 Å². The maximum atomic E-state index is 13.1. The first-order chi connectivity index (χ1) is 16.0. The summed E-state index contributed by atoms with van der Waals surface area (Å²) in [6.07, 6.45) is 3.98. The van der Waals surface area contributed by atoms with Gasteiger partial charge in [-0.05, 0) is 55.9 Å². The molecule has 2 aliphatic rings. The number of carbonyl (C=O) groups excluding carboxylic acids is 2. The average molecular weight is 452 g/mol. The molecule has 1 amide bonds. The molecule has 8 nitrogen and oxygen atoms in total. The highest BCUT2D eigenvalue weighted by Crippen LogP contribution is 2.40. The molecule has 0 bridgehead atoms. The lowest BCUT2D eigenvalue weighted by molar-refractivity contribution is -0.140. The number of fused-ring (bicyclic) bond motifs is 1. The van der Waals surface area contributed by atoms with Gasteiger partial charge in [-0.3, -0.25) is 14.6 Å². The monoisotopic (exact) mass is 451 g/mol. The van der Waals surface area contributed by atoms with E-state index in [1.807, 2.05) is 6.07 Å². The van der Waals surface area contributed by atoms with Gasteiger partial charge in [0.1, 0.15) is 19.0 Å². The molecule has 174 valence electrons. The molecule has 2 aromatic rings. The number of carbonyl (C=O) groups is 2. The summed E-state index contributed by atoms with van der Waals surface area (Å²) in [6, 6.07) is 7.87. The van der Waals surface area contributed by atoms with Gasteiger partial charge in [-0.25, -0.2) is 0 Å². The lowest BCUT2D eigenvalue weighted by Crippen LogP contribution is -2.33. The predicted octanol–water partition coefficient (Wildman–Crippen LogP) is 3.01. The van der Waals surface area contributed by atoms with Gasteiger partial charge in [0.15, 0.2) is 11.5 Å². The molecular weight excluding hydrogens is 422 g/mol. The van der Waals surface area contributed by atoms with E-state index in [0.717, 1.165) is 26.1 Å². The van der Waals surface area contributed by atoms with Crippen molar-refractivity contribution in [2.45, 2.75) is 26.3 Å². The van der Waals surface area contributed by atoms with Crippen molar-refractivity contribution in [3.63, 3.8) is 0 Å². The zero-order chi connectivity index (χ0) is 23.4. The topological polar surface area (TPSA) is 92.2 Å². The van der Waals surface area contributed by atoms with Gasteiger partial charge < -0.3 is 24.4 Å². The molecule has 0 unspecified atom stereocenters. The highest BCUT2D eigenvalue weighted by atomic mass is 16.6. The van der Waals surface area contributed by atoms with E-state index in [4.69, 9.17) is 9.47 Å². The standard InChI is InChI=1S/C25H29N3O5/c1-3-27(4-2)11-6-12-28-22(18-7-5-10-26-16-18)21(24(30)25(28)31)23(29)17-8-9-19-20(15-17)33-14-13-32-19/h5,7-10,15-16,22,29H,3-4,6,11-14H2,1-2H3/t22-/m0/s1. The summed E-state index contributed by atoms with van der Waals surface area (Å²) in [5, 5.41) is 11.2. The first-order valence-corrected chi connectivity index (χ1v) is 11.4. The van der Waals surface area contributed by atoms with Crippen LogP contribution in [-0.4, -0.2) is 71.0 Å². The van der Waals surface area contributed by atoms with Crippen LogP contribution < -0.4 is 9.47 Å². The van der Waals surface area contributed by atoms with E-state index in [9.17, 15) is 14.7 Å². The highest BCUT2D eigenvalue weighted by molar-refractivity contribution is 6.46. The Kier molecular flexibility index (Phi) is 6.93. The minimum Gasteiger partial charge on any atom is -0.507 e. The van der Waals surface area contributed by atoms with Crippen molar-refractivity contribution >= 4 is 17.4 Å². The number of aromatic nitrogens is 1. The van der Waals surface area contributed by atoms with Gasteiger partial charge in [-0.2, -0.15) is 0 Å². The summed E-state index contributed by atoms with van der Waals surface area (Å²) < 4.78 is 11.2. The third kappa shape index (κ3) is 4.57. The average Bonchev–Trinajstić information content (AvgIpc) is 3.11. The molecule has 0 radical (unpaired) electrons. The second-order valence-electron chi connectivity index (χ2n) is 8.02. The Labute approximate surface area is 193 Å². The van der Waals surface area contributed by atoms with Gasteiger partial charge in [-0.1, -0.05) is 19.9 Å². The number of likely N-dealkylation sites (tertiary alicyclic amines) is 1. The number of hydrogen-bond acceptors (Lipinski definition) is 7. The van der Waals surface area contributed by atoms with Gasteiger partial charge in [0.2, 0.25) is 0 Å². The normalized spacial score (nSPS) is 19.4. The van der Waals surface area contributed by atoms with Gasteiger partial charge in [0.05, 0.1) is 11.6 Å². The first-order valence-electron chi connectivity index (χ1n) is 11.4. The highest BCUT2D eigenvalue weighted by Gasteiger charge is 2.46. The predicted molar refractivity (Wildman–Crippen MR) is 123 cm³/mol. The molecule has 0 saturated carbocycles. The maximum absolute atomic E-state index is 13.1. The van der Waals surface area contributed by atoms with Crippen LogP contribution in [0.25, 0.3) is 5.76 Å². The van der Waals surface area contributed by atoms with Crippen molar-refractivity contribution in [3.8, 4) is 11.5 Å². The number of aliphatic hydroxyl groups excluding tert-OH is 1. The van der Waals surface area contributed by atoms with Crippen molar-refractivity contribution in [1.29, 1.82) is 0 Å². The summed E-state index contributed by atoms with van der Waals surface area (Å²) in [7, 11) is 0. The Hall–Kier alpha value is -3.39. The van der Waals surface area contributed by atoms with Gasteiger partial charge in [-0.15, -0.1) is 0 Å². The number of benzene rings is 1. The molecule has 4 rings (SSSR count). The van der Waals surface area contributed by atoms with Gasteiger partial charge in [0.25, 0.3) is 11.7 Å². The lowest BCUT2D eigenvalue weighted by Gasteiger charge is -2.26. The fourth-order valence-corrected chi connectivity index (χ4v) is 4.35. The van der Waals surface area contributed by atoms with Crippen LogP contribution in [0.15, 0.2) is 48.3 Å². The number of pyridine rings is 1. The summed E-state index contributed by atoms with van der Waals surface area (Å²) >= 11 is 0. The number of amides is 1. The molecular formula is C25H29N3O5. The van der Waals surface area contributed by atoms with Crippen molar-refractivity contribution in [2.24, 2.45) is 0 Å². The van der Waals surface area contributed by atoms with Crippen molar-refractivity contribution in [1.82, 2.24) is 14.8 Å². The third-order valence-corrected chi connectivity index (χ3v) is 6.12. The van der Waals surface area contributed by atoms with E-state index >= 15 is 0 Å². The van der Waals surface area contributed by atoms with E-state index in [-0.39, 0.29) is 11.3 Å². The van der Waals surface area contributed by atoms with E-state index in [2.05, 4.69) is 23.7 Å². The summed E-state index contributed by atoms with van der Waals surface area (Å²) in [6.45, 7) is 8.12. The van der Waals surface area contributed by atoms with Gasteiger partial charge in [0, 0.05) is 24.5 Å². The molecule has 33 heavy (non-hydrogen) atoms. The van der Waals surface area contributed by atoms with Crippen LogP contribution >= 0.6 is 0 Å². The van der Waals surface area contributed by atoms with Crippen LogP contribution in [0.3, 0.4) is 0 Å². The summed E-state index contributed by atoms with van der Waals surface area (Å²) in [4.78, 5) is 34.1. The van der Waals surface area contributed by atoms with E-state index in [1.54, 1.807) is 41.6 Å². The van der Waals surface area contributed by atoms with Crippen LogP contribution in [0.4, 0.5) is 0 Å². The fraction of sp³-hybridized carbons (Fsp3) is 0.400. The number of aliphatic hydroxyl groups is 1. The second-order valence-corrected chi connectivity index (χ2v) is 8.02.